The molecular formula is C13H14N2S. The lowest BCUT2D eigenvalue weighted by molar-refractivity contribution is 1.12. The van der Waals surface area contributed by atoms with Gasteiger partial charge in [0.1, 0.15) is 0 Å². The predicted molar refractivity (Wildman–Crippen MR) is 69.9 cm³/mol. The molecule has 2 rings (SSSR count). The fourth-order valence-electron chi connectivity index (χ4n) is 1.34. The van der Waals surface area contributed by atoms with Gasteiger partial charge in [-0.15, -0.1) is 11.8 Å². The summed E-state index contributed by atoms with van der Waals surface area (Å²) in [4.78, 5) is 4.26. The van der Waals surface area contributed by atoms with E-state index in [9.17, 15) is 0 Å². The van der Waals surface area contributed by atoms with Gasteiger partial charge in [0, 0.05) is 24.2 Å². The topological polar surface area (TPSA) is 24.9 Å². The average Bonchev–Trinajstić information content (AvgIpc) is 2.37. The Bertz CT molecular complexity index is 361. The van der Waals surface area contributed by atoms with Crippen LogP contribution in [0.5, 0.6) is 0 Å². The fourth-order valence-corrected chi connectivity index (χ4v) is 2.06. The molecule has 0 bridgehead atoms. The molecule has 1 heterocycles. The molecule has 0 unspecified atom stereocenters. The minimum Gasteiger partial charge on any atom is -0.384 e. The summed E-state index contributed by atoms with van der Waals surface area (Å²) in [6, 6.07) is 16.2. The number of pyridine rings is 1. The van der Waals surface area contributed by atoms with E-state index < -0.39 is 0 Å². The van der Waals surface area contributed by atoms with E-state index in [1.165, 1.54) is 5.69 Å². The predicted octanol–water partition coefficient (Wildman–Crippen LogP) is 3.29. The van der Waals surface area contributed by atoms with E-state index in [2.05, 4.69) is 22.4 Å². The third kappa shape index (κ3) is 3.59. The SMILES string of the molecule is c1ccc(NCCSc2ccccn2)cc1. The van der Waals surface area contributed by atoms with E-state index in [1.807, 2.05) is 42.6 Å². The minimum atomic E-state index is 0.950. The van der Waals surface area contributed by atoms with Crippen molar-refractivity contribution in [3.8, 4) is 0 Å². The lowest BCUT2D eigenvalue weighted by atomic mass is 10.3. The largest absolute Gasteiger partial charge is 0.384 e. The van der Waals surface area contributed by atoms with Crippen molar-refractivity contribution in [3.63, 3.8) is 0 Å². The van der Waals surface area contributed by atoms with Crippen LogP contribution in [-0.4, -0.2) is 17.3 Å². The molecule has 0 aliphatic rings. The Morgan fingerprint density at radius 3 is 2.56 bits per heavy atom. The average molecular weight is 230 g/mol. The lowest BCUT2D eigenvalue weighted by Gasteiger charge is -2.05. The molecule has 0 radical (unpaired) electrons. The van der Waals surface area contributed by atoms with E-state index in [4.69, 9.17) is 0 Å². The highest BCUT2D eigenvalue weighted by atomic mass is 32.2. The van der Waals surface area contributed by atoms with Gasteiger partial charge in [0.05, 0.1) is 5.03 Å². The van der Waals surface area contributed by atoms with Gasteiger partial charge in [0.2, 0.25) is 0 Å². The molecule has 0 fully saturated rings. The number of hydrogen-bond donors (Lipinski definition) is 1. The maximum Gasteiger partial charge on any atom is 0.0960 e. The molecule has 0 saturated heterocycles. The summed E-state index contributed by atoms with van der Waals surface area (Å²) in [7, 11) is 0. The van der Waals surface area contributed by atoms with Crippen LogP contribution in [0, 0.1) is 0 Å². The molecule has 0 aliphatic carbocycles. The van der Waals surface area contributed by atoms with Crippen LogP contribution in [0.15, 0.2) is 59.8 Å². The minimum absolute atomic E-state index is 0.950. The van der Waals surface area contributed by atoms with Gasteiger partial charge < -0.3 is 5.32 Å². The monoisotopic (exact) mass is 230 g/mol. The van der Waals surface area contributed by atoms with Crippen LogP contribution in [0.25, 0.3) is 0 Å². The first-order chi connectivity index (χ1) is 7.95. The standard InChI is InChI=1S/C13H14N2S/c1-2-6-12(7-3-1)14-10-11-16-13-8-4-5-9-15-13/h1-9,14H,10-11H2. The van der Waals surface area contributed by atoms with Gasteiger partial charge in [-0.25, -0.2) is 4.98 Å². The number of thioether (sulfide) groups is 1. The summed E-state index contributed by atoms with van der Waals surface area (Å²) in [5.74, 6) is 1.02. The van der Waals surface area contributed by atoms with Gasteiger partial charge in [-0.2, -0.15) is 0 Å². The summed E-state index contributed by atoms with van der Waals surface area (Å²) in [6.07, 6.45) is 1.83. The number of nitrogens with one attached hydrogen (secondary N) is 1. The van der Waals surface area contributed by atoms with Crippen LogP contribution >= 0.6 is 11.8 Å². The van der Waals surface area contributed by atoms with Crippen LogP contribution < -0.4 is 5.32 Å². The molecule has 0 atom stereocenters. The second kappa shape index (κ2) is 6.18. The summed E-state index contributed by atoms with van der Waals surface area (Å²) in [6.45, 7) is 0.950. The first kappa shape index (κ1) is 11.0. The smallest absolute Gasteiger partial charge is 0.0960 e. The zero-order chi connectivity index (χ0) is 11.1. The van der Waals surface area contributed by atoms with Crippen molar-refractivity contribution in [2.45, 2.75) is 5.03 Å². The van der Waals surface area contributed by atoms with Crippen molar-refractivity contribution in [1.29, 1.82) is 0 Å². The van der Waals surface area contributed by atoms with Crippen molar-refractivity contribution >= 4 is 17.4 Å². The number of para-hydroxylation sites is 1. The molecule has 1 aromatic heterocycles. The highest BCUT2D eigenvalue weighted by molar-refractivity contribution is 7.99. The van der Waals surface area contributed by atoms with Crippen LogP contribution in [0.3, 0.4) is 0 Å². The molecule has 0 spiro atoms. The van der Waals surface area contributed by atoms with Gasteiger partial charge >= 0.3 is 0 Å². The molecule has 3 heteroatoms. The first-order valence-electron chi connectivity index (χ1n) is 5.28. The normalized spacial score (nSPS) is 10.0. The first-order valence-corrected chi connectivity index (χ1v) is 6.26. The van der Waals surface area contributed by atoms with Gasteiger partial charge in [-0.1, -0.05) is 24.3 Å². The quantitative estimate of drug-likeness (QED) is 0.630. The van der Waals surface area contributed by atoms with E-state index >= 15 is 0 Å². The van der Waals surface area contributed by atoms with Crippen molar-refractivity contribution < 1.29 is 0 Å². The Hall–Kier alpha value is -1.48. The Labute approximate surface area is 100 Å². The summed E-state index contributed by atoms with van der Waals surface area (Å²) in [5.41, 5.74) is 1.17. The molecule has 1 aromatic carbocycles. The maximum atomic E-state index is 4.26. The van der Waals surface area contributed by atoms with Gasteiger partial charge in [-0.3, -0.25) is 0 Å². The lowest BCUT2D eigenvalue weighted by Crippen LogP contribution is -2.03. The third-order valence-corrected chi connectivity index (χ3v) is 3.04. The highest BCUT2D eigenvalue weighted by Gasteiger charge is 1.93. The Kier molecular flexibility index (Phi) is 4.26. The highest BCUT2D eigenvalue weighted by Crippen LogP contribution is 2.13. The van der Waals surface area contributed by atoms with Crippen LogP contribution in [-0.2, 0) is 0 Å². The molecule has 2 aromatic rings. The number of anilines is 1. The van der Waals surface area contributed by atoms with Crippen molar-refractivity contribution in [1.82, 2.24) is 4.98 Å². The van der Waals surface area contributed by atoms with E-state index in [-0.39, 0.29) is 0 Å². The second-order valence-corrected chi connectivity index (χ2v) is 4.42. The van der Waals surface area contributed by atoms with Gasteiger partial charge in [0.25, 0.3) is 0 Å². The number of nitrogens with zero attached hydrogens (tertiary/aromatic N) is 1. The zero-order valence-electron chi connectivity index (χ0n) is 8.97. The van der Waals surface area contributed by atoms with E-state index in [0.717, 1.165) is 17.3 Å². The van der Waals surface area contributed by atoms with E-state index in [0.29, 0.717) is 0 Å². The second-order valence-electron chi connectivity index (χ2n) is 3.31. The Morgan fingerprint density at radius 2 is 1.81 bits per heavy atom. The van der Waals surface area contributed by atoms with Crippen LogP contribution in [0.1, 0.15) is 0 Å². The fraction of sp³-hybridized carbons (Fsp3) is 0.154. The number of rotatable bonds is 5. The third-order valence-electron chi connectivity index (χ3n) is 2.09. The molecular weight excluding hydrogens is 216 g/mol. The number of benzene rings is 1. The van der Waals surface area contributed by atoms with Crippen LogP contribution in [0.4, 0.5) is 5.69 Å². The van der Waals surface area contributed by atoms with Gasteiger partial charge in [0.15, 0.2) is 0 Å². The Balaban J connectivity index is 1.70. The van der Waals surface area contributed by atoms with Crippen molar-refractivity contribution in [3.05, 3.63) is 54.7 Å². The van der Waals surface area contributed by atoms with Crippen molar-refractivity contribution in [2.75, 3.05) is 17.6 Å². The number of aromatic nitrogens is 1. The van der Waals surface area contributed by atoms with Crippen LogP contribution in [0.2, 0.25) is 0 Å². The molecule has 0 aliphatic heterocycles. The molecule has 2 nitrogen and oxygen atoms in total. The summed E-state index contributed by atoms with van der Waals surface area (Å²) in [5, 5.41) is 4.45. The maximum absolute atomic E-state index is 4.26. The number of hydrogen-bond acceptors (Lipinski definition) is 3. The van der Waals surface area contributed by atoms with E-state index in [1.54, 1.807) is 11.8 Å². The summed E-state index contributed by atoms with van der Waals surface area (Å²) < 4.78 is 0. The Morgan fingerprint density at radius 1 is 1.00 bits per heavy atom. The zero-order valence-corrected chi connectivity index (χ0v) is 9.78. The molecule has 16 heavy (non-hydrogen) atoms. The van der Waals surface area contributed by atoms with Gasteiger partial charge in [-0.05, 0) is 24.3 Å². The molecule has 0 amide bonds. The molecule has 82 valence electrons. The molecule has 0 saturated carbocycles. The molecule has 1 N–H and O–H groups in total. The van der Waals surface area contributed by atoms with Crippen molar-refractivity contribution in [2.24, 2.45) is 0 Å². The summed E-state index contributed by atoms with van der Waals surface area (Å²) >= 11 is 1.77.